The van der Waals surface area contributed by atoms with Crippen molar-refractivity contribution in [2.75, 3.05) is 19.6 Å². The molecule has 24 heavy (non-hydrogen) atoms. The van der Waals surface area contributed by atoms with Crippen LogP contribution in [0.1, 0.15) is 30.6 Å². The monoisotopic (exact) mass is 342 g/mol. The highest BCUT2D eigenvalue weighted by molar-refractivity contribution is 7.18. The van der Waals surface area contributed by atoms with Gasteiger partial charge in [-0.1, -0.05) is 0 Å². The average Bonchev–Trinajstić information content (AvgIpc) is 3.10. The van der Waals surface area contributed by atoms with Crippen LogP contribution in [-0.2, 0) is 0 Å². The Bertz CT molecular complexity index is 837. The quantitative estimate of drug-likeness (QED) is 0.509. The molecule has 5 heterocycles. The average molecular weight is 342 g/mol. The molecule has 6 rings (SSSR count). The fraction of sp³-hybridized carbons (Fsp3) is 0.556. The third-order valence-electron chi connectivity index (χ3n) is 6.39. The van der Waals surface area contributed by atoms with E-state index < -0.39 is 0 Å². The highest BCUT2D eigenvalue weighted by Crippen LogP contribution is 2.73. The Morgan fingerprint density at radius 1 is 1.42 bits per heavy atom. The molecule has 4 fully saturated rings. The topological polar surface area (TPSA) is 60.8 Å². The summed E-state index contributed by atoms with van der Waals surface area (Å²) in [5.74, 6) is 1.33. The molecule has 126 valence electrons. The predicted octanol–water partition coefficient (Wildman–Crippen LogP) is 3.49. The zero-order valence-electron chi connectivity index (χ0n) is 13.9. The number of pyridine rings is 1. The number of hydrogen-bond acceptors (Lipinski definition) is 5. The lowest BCUT2D eigenvalue weighted by molar-refractivity contribution is 0.0529. The zero-order chi connectivity index (χ0) is 16.4. The van der Waals surface area contributed by atoms with E-state index in [1.165, 1.54) is 37.2 Å². The van der Waals surface area contributed by atoms with E-state index in [2.05, 4.69) is 39.4 Å². The van der Waals surface area contributed by atoms with Crippen molar-refractivity contribution in [3.8, 4) is 0 Å². The maximum absolute atomic E-state index is 9.62. The molecular formula is C18H22N4OS. The molecule has 4 aliphatic rings. The summed E-state index contributed by atoms with van der Waals surface area (Å²) in [5, 5.41) is 10.8. The van der Waals surface area contributed by atoms with Crippen LogP contribution in [0.4, 0.5) is 5.82 Å². The summed E-state index contributed by atoms with van der Waals surface area (Å²) in [6.45, 7) is 5.74. The summed E-state index contributed by atoms with van der Waals surface area (Å²) in [6, 6.07) is 6.14. The normalized spacial score (nSPS) is 34.4. The SMILES string of the molecule is Cc1cc2ccc(N=C(C[C@]34CN5CCC3(CC5)C4)NO)nc2s1. The number of aromatic nitrogens is 1. The molecule has 6 heteroatoms. The van der Waals surface area contributed by atoms with Crippen LogP contribution in [0, 0.1) is 17.8 Å². The van der Waals surface area contributed by atoms with Gasteiger partial charge in [0.1, 0.15) is 10.7 Å². The molecular weight excluding hydrogens is 320 g/mol. The van der Waals surface area contributed by atoms with E-state index in [0.29, 0.717) is 22.5 Å². The van der Waals surface area contributed by atoms with Crippen LogP contribution in [0.5, 0.6) is 0 Å². The Balaban J connectivity index is 1.42. The summed E-state index contributed by atoms with van der Waals surface area (Å²) < 4.78 is 0. The molecule has 1 saturated carbocycles. The predicted molar refractivity (Wildman–Crippen MR) is 96.1 cm³/mol. The number of fused-ring (bicyclic) bond motifs is 3. The Morgan fingerprint density at radius 3 is 3.00 bits per heavy atom. The summed E-state index contributed by atoms with van der Waals surface area (Å²) in [7, 11) is 0. The first kappa shape index (κ1) is 14.8. The van der Waals surface area contributed by atoms with Crippen molar-refractivity contribution in [1.29, 1.82) is 0 Å². The van der Waals surface area contributed by atoms with E-state index in [4.69, 9.17) is 0 Å². The van der Waals surface area contributed by atoms with E-state index >= 15 is 0 Å². The lowest BCUT2D eigenvalue weighted by Gasteiger charge is -2.44. The van der Waals surface area contributed by atoms with Crippen LogP contribution in [0.2, 0.25) is 0 Å². The number of thiophene rings is 1. The summed E-state index contributed by atoms with van der Waals surface area (Å²) in [5.41, 5.74) is 3.19. The van der Waals surface area contributed by atoms with Gasteiger partial charge in [0.15, 0.2) is 5.82 Å². The fourth-order valence-corrected chi connectivity index (χ4v) is 5.94. The highest BCUT2D eigenvalue weighted by Gasteiger charge is 2.70. The van der Waals surface area contributed by atoms with Crippen LogP contribution >= 0.6 is 11.3 Å². The molecule has 0 unspecified atom stereocenters. The third-order valence-corrected chi connectivity index (χ3v) is 7.35. The van der Waals surface area contributed by atoms with Crippen molar-refractivity contribution in [2.24, 2.45) is 15.8 Å². The van der Waals surface area contributed by atoms with Crippen LogP contribution in [0.15, 0.2) is 23.2 Å². The first-order chi connectivity index (χ1) is 11.6. The molecule has 3 saturated heterocycles. The van der Waals surface area contributed by atoms with Crippen molar-refractivity contribution >= 4 is 33.2 Å². The molecule has 1 spiro atoms. The van der Waals surface area contributed by atoms with Gasteiger partial charge in [0, 0.05) is 23.2 Å². The van der Waals surface area contributed by atoms with E-state index in [-0.39, 0.29) is 0 Å². The minimum Gasteiger partial charge on any atom is -0.303 e. The molecule has 5 nitrogen and oxygen atoms in total. The third kappa shape index (κ3) is 2.13. The van der Waals surface area contributed by atoms with Gasteiger partial charge in [0.05, 0.1) is 0 Å². The number of aliphatic imine (C=N–C) groups is 1. The molecule has 3 aliphatic heterocycles. The molecule has 1 aliphatic carbocycles. The molecule has 1 atom stereocenters. The largest absolute Gasteiger partial charge is 0.303 e. The Hall–Kier alpha value is -1.50. The summed E-state index contributed by atoms with van der Waals surface area (Å²) >= 11 is 1.68. The number of rotatable bonds is 3. The van der Waals surface area contributed by atoms with Crippen molar-refractivity contribution < 1.29 is 5.21 Å². The zero-order valence-corrected chi connectivity index (χ0v) is 14.7. The van der Waals surface area contributed by atoms with Gasteiger partial charge in [-0.2, -0.15) is 0 Å². The van der Waals surface area contributed by atoms with Crippen molar-refractivity contribution in [2.45, 2.75) is 32.6 Å². The highest BCUT2D eigenvalue weighted by atomic mass is 32.1. The molecule has 0 radical (unpaired) electrons. The van der Waals surface area contributed by atoms with E-state index in [0.717, 1.165) is 23.2 Å². The van der Waals surface area contributed by atoms with Crippen molar-refractivity contribution in [1.82, 2.24) is 15.4 Å². The maximum Gasteiger partial charge on any atom is 0.155 e. The maximum atomic E-state index is 9.62. The molecule has 0 aromatic carbocycles. The van der Waals surface area contributed by atoms with Gasteiger partial charge < -0.3 is 4.90 Å². The molecule has 0 amide bonds. The molecule has 2 aromatic rings. The lowest BCUT2D eigenvalue weighted by atomic mass is 9.77. The van der Waals surface area contributed by atoms with Gasteiger partial charge in [0.2, 0.25) is 0 Å². The lowest BCUT2D eigenvalue weighted by Crippen LogP contribution is -2.48. The van der Waals surface area contributed by atoms with Gasteiger partial charge in [0.25, 0.3) is 0 Å². The van der Waals surface area contributed by atoms with E-state index in [9.17, 15) is 5.21 Å². The first-order valence-corrected chi connectivity index (χ1v) is 9.50. The van der Waals surface area contributed by atoms with Crippen LogP contribution in [-0.4, -0.2) is 40.6 Å². The van der Waals surface area contributed by atoms with Crippen LogP contribution < -0.4 is 5.48 Å². The second-order valence-corrected chi connectivity index (χ2v) is 9.02. The second kappa shape index (κ2) is 5.00. The van der Waals surface area contributed by atoms with Gasteiger partial charge in [-0.25, -0.2) is 9.98 Å². The number of nitrogens with one attached hydrogen (secondary N) is 1. The number of nitrogens with zero attached hydrogens (tertiary/aromatic N) is 3. The number of amidine groups is 1. The number of aryl methyl sites for hydroxylation is 1. The van der Waals surface area contributed by atoms with Gasteiger partial charge in [-0.15, -0.1) is 11.3 Å². The molecule has 2 bridgehead atoms. The number of hydroxylamine groups is 1. The van der Waals surface area contributed by atoms with Crippen LogP contribution in [0.25, 0.3) is 10.2 Å². The standard InChI is InChI=1S/C18H22N4OS/c1-12-8-13-2-3-14(20-16(13)24-12)19-15(21-23)9-18-10-17(18)4-6-22(11-18)7-5-17/h2-3,8,23H,4-7,9-11H2,1H3,(H,19,20,21)/t18-/m0/s1. The molecule has 2 aromatic heterocycles. The van der Waals surface area contributed by atoms with E-state index in [1.807, 2.05) is 6.07 Å². The Kier molecular flexibility index (Phi) is 3.09. The Morgan fingerprint density at radius 2 is 2.25 bits per heavy atom. The van der Waals surface area contributed by atoms with Gasteiger partial charge in [-0.3, -0.25) is 10.7 Å². The second-order valence-electron chi connectivity index (χ2n) is 7.78. The number of piperidine rings is 3. The van der Waals surface area contributed by atoms with E-state index in [1.54, 1.807) is 11.3 Å². The molecule has 2 N–H and O–H groups in total. The smallest absolute Gasteiger partial charge is 0.155 e. The Labute approximate surface area is 145 Å². The fourth-order valence-electron chi connectivity index (χ4n) is 5.07. The van der Waals surface area contributed by atoms with Gasteiger partial charge in [-0.05, 0) is 68.3 Å². The minimum atomic E-state index is 0.321. The summed E-state index contributed by atoms with van der Waals surface area (Å²) in [6.07, 6.45) is 4.73. The van der Waals surface area contributed by atoms with Gasteiger partial charge >= 0.3 is 0 Å². The van der Waals surface area contributed by atoms with Crippen LogP contribution in [0.3, 0.4) is 0 Å². The van der Waals surface area contributed by atoms with Crippen molar-refractivity contribution in [3.05, 3.63) is 23.1 Å². The van der Waals surface area contributed by atoms with Crippen molar-refractivity contribution in [3.63, 3.8) is 0 Å². The first-order valence-electron chi connectivity index (χ1n) is 8.69. The minimum absolute atomic E-state index is 0.321. The summed E-state index contributed by atoms with van der Waals surface area (Å²) in [4.78, 5) is 14.1. The number of hydrogen-bond donors (Lipinski definition) is 2.